The molecule has 1 heterocycles. The number of thiophene rings is 1. The van der Waals surface area contributed by atoms with Crippen LogP contribution in [0.25, 0.3) is 10.8 Å². The van der Waals surface area contributed by atoms with Crippen LogP contribution in [0.15, 0.2) is 98.9 Å². The van der Waals surface area contributed by atoms with Crippen LogP contribution < -0.4 is 10.1 Å². The van der Waals surface area contributed by atoms with Crippen molar-refractivity contribution in [2.24, 2.45) is 4.99 Å². The number of para-hydroxylation sites is 1. The third kappa shape index (κ3) is 5.78. The Kier molecular flexibility index (Phi) is 8.14. The summed E-state index contributed by atoms with van der Waals surface area (Å²) in [6.07, 6.45) is 5.98. The van der Waals surface area contributed by atoms with Gasteiger partial charge in [-0.25, -0.2) is 4.99 Å². The number of nitrogens with zero attached hydrogens (tertiary/aromatic N) is 1. The number of amides is 1. The van der Waals surface area contributed by atoms with E-state index in [4.69, 9.17) is 9.73 Å². The van der Waals surface area contributed by atoms with Crippen LogP contribution in [0.2, 0.25) is 0 Å². The molecule has 0 saturated carbocycles. The topological polar surface area (TPSA) is 50.7 Å². The zero-order valence-electron chi connectivity index (χ0n) is 21.6. The molecule has 1 aliphatic rings. The van der Waals surface area contributed by atoms with Crippen molar-refractivity contribution in [3.05, 3.63) is 121 Å². The Morgan fingerprint density at radius 2 is 1.65 bits per heavy atom. The highest BCUT2D eigenvalue weighted by molar-refractivity contribution is 9.11. The fourth-order valence-corrected chi connectivity index (χ4v) is 7.77. The second-order valence-electron chi connectivity index (χ2n) is 9.71. The van der Waals surface area contributed by atoms with E-state index >= 15 is 0 Å². The summed E-state index contributed by atoms with van der Waals surface area (Å²) in [7, 11) is 0. The maximum atomic E-state index is 13.4. The van der Waals surface area contributed by atoms with Gasteiger partial charge < -0.3 is 10.1 Å². The number of ether oxygens (including phenoxy) is 1. The van der Waals surface area contributed by atoms with Gasteiger partial charge in [-0.2, -0.15) is 0 Å². The van der Waals surface area contributed by atoms with E-state index < -0.39 is 0 Å². The molecule has 5 aromatic rings. The number of aryl methyl sites for hydroxylation is 1. The van der Waals surface area contributed by atoms with Gasteiger partial charge in [0.05, 0.1) is 14.5 Å². The maximum Gasteiger partial charge on any atom is 0.259 e. The molecule has 4 nitrogen and oxygen atoms in total. The normalized spacial score (nSPS) is 12.9. The van der Waals surface area contributed by atoms with Gasteiger partial charge in [0, 0.05) is 16.8 Å². The lowest BCUT2D eigenvalue weighted by molar-refractivity contribution is 0.102. The molecule has 1 aliphatic carbocycles. The fraction of sp³-hybridized carbons (Fsp3) is 0.152. The molecule has 40 heavy (non-hydrogen) atoms. The molecule has 7 heteroatoms. The summed E-state index contributed by atoms with van der Waals surface area (Å²) in [5.74, 6) is 0.636. The van der Waals surface area contributed by atoms with Gasteiger partial charge in [0.1, 0.15) is 17.4 Å². The smallest absolute Gasteiger partial charge is 0.259 e. The van der Waals surface area contributed by atoms with Crippen LogP contribution in [-0.2, 0) is 19.4 Å². The lowest BCUT2D eigenvalue weighted by atomic mass is 9.95. The van der Waals surface area contributed by atoms with E-state index in [9.17, 15) is 4.79 Å². The molecule has 6 rings (SSSR count). The van der Waals surface area contributed by atoms with Gasteiger partial charge in [-0.1, -0.05) is 60.7 Å². The molecule has 0 atom stereocenters. The first-order valence-electron chi connectivity index (χ1n) is 13.2. The van der Waals surface area contributed by atoms with Crippen LogP contribution in [0.1, 0.15) is 44.8 Å². The van der Waals surface area contributed by atoms with Gasteiger partial charge in [0.25, 0.3) is 5.91 Å². The number of rotatable bonds is 7. The molecule has 0 saturated heterocycles. The average molecular weight is 674 g/mol. The van der Waals surface area contributed by atoms with Crippen LogP contribution in [0.5, 0.6) is 5.75 Å². The maximum absolute atomic E-state index is 13.4. The van der Waals surface area contributed by atoms with Crippen LogP contribution in [0, 0.1) is 0 Å². The summed E-state index contributed by atoms with van der Waals surface area (Å²) in [6.45, 7) is 0.451. The van der Waals surface area contributed by atoms with Crippen molar-refractivity contribution < 1.29 is 9.53 Å². The zero-order valence-corrected chi connectivity index (χ0v) is 25.6. The average Bonchev–Trinajstić information content (AvgIpc) is 3.35. The number of hydrogen-bond acceptors (Lipinski definition) is 4. The number of carbonyl (C=O) groups is 1. The molecule has 1 aromatic heterocycles. The number of aliphatic imine (C=N–C) groups is 1. The minimum atomic E-state index is -0.0997. The second-order valence-corrected chi connectivity index (χ2v) is 12.5. The van der Waals surface area contributed by atoms with Crippen molar-refractivity contribution in [3.8, 4) is 5.75 Å². The first-order valence-corrected chi connectivity index (χ1v) is 15.6. The van der Waals surface area contributed by atoms with Crippen LogP contribution in [0.4, 0.5) is 10.7 Å². The SMILES string of the molecule is O=C(Nc1ccccc1)c1c(N=Cc2cc(Br)c(OCc3cccc4ccccc34)c(Br)c2)sc2c1CCCC2. The van der Waals surface area contributed by atoms with Gasteiger partial charge in [-0.15, -0.1) is 11.3 Å². The summed E-state index contributed by atoms with van der Waals surface area (Å²) in [5, 5.41) is 6.19. The summed E-state index contributed by atoms with van der Waals surface area (Å²) in [6, 6.07) is 28.1. The number of carbonyl (C=O) groups excluding carboxylic acids is 1. The lowest BCUT2D eigenvalue weighted by Gasteiger charge is -2.13. The van der Waals surface area contributed by atoms with Crippen molar-refractivity contribution in [2.75, 3.05) is 5.32 Å². The van der Waals surface area contributed by atoms with E-state index in [0.717, 1.165) is 67.8 Å². The predicted molar refractivity (Wildman–Crippen MR) is 173 cm³/mol. The summed E-state index contributed by atoms with van der Waals surface area (Å²) in [5.41, 5.74) is 4.66. The predicted octanol–water partition coefficient (Wildman–Crippen LogP) is 9.89. The number of fused-ring (bicyclic) bond motifs is 2. The van der Waals surface area contributed by atoms with Crippen molar-refractivity contribution >= 4 is 76.8 Å². The second kappa shape index (κ2) is 12.1. The Morgan fingerprint density at radius 1 is 0.925 bits per heavy atom. The molecule has 1 amide bonds. The first-order chi connectivity index (χ1) is 19.6. The highest BCUT2D eigenvalue weighted by Crippen LogP contribution is 2.41. The standard InChI is InChI=1S/C33H26Br2N2O2S/c34-27-17-21(18-28(35)31(27)39-20-23-11-8-10-22-9-4-5-14-25(22)23)19-36-33-30(26-15-6-7-16-29(26)40-33)32(38)37-24-12-2-1-3-13-24/h1-5,8-14,17-19H,6-7,15-16,20H2,(H,37,38). The molecule has 1 N–H and O–H groups in total. The van der Waals surface area contributed by atoms with Crippen molar-refractivity contribution in [1.82, 2.24) is 0 Å². The van der Waals surface area contributed by atoms with Crippen molar-refractivity contribution in [1.29, 1.82) is 0 Å². The third-order valence-corrected chi connectivity index (χ3v) is 9.39. The van der Waals surface area contributed by atoms with E-state index in [-0.39, 0.29) is 5.91 Å². The summed E-state index contributed by atoms with van der Waals surface area (Å²) >= 11 is 9.01. The number of halogens is 2. The van der Waals surface area contributed by atoms with E-state index in [1.54, 1.807) is 11.3 Å². The van der Waals surface area contributed by atoms with Crippen LogP contribution in [0.3, 0.4) is 0 Å². The minimum absolute atomic E-state index is 0.0997. The molecule has 0 aliphatic heterocycles. The first kappa shape index (κ1) is 26.9. The number of hydrogen-bond donors (Lipinski definition) is 1. The summed E-state index contributed by atoms with van der Waals surface area (Å²) < 4.78 is 7.91. The van der Waals surface area contributed by atoms with E-state index in [0.29, 0.717) is 12.2 Å². The quantitative estimate of drug-likeness (QED) is 0.175. The molecule has 200 valence electrons. The van der Waals surface area contributed by atoms with E-state index in [1.807, 2.05) is 60.8 Å². The van der Waals surface area contributed by atoms with E-state index in [2.05, 4.69) is 67.5 Å². The Balaban J connectivity index is 1.24. The highest BCUT2D eigenvalue weighted by Gasteiger charge is 2.25. The summed E-state index contributed by atoms with van der Waals surface area (Å²) in [4.78, 5) is 19.5. The van der Waals surface area contributed by atoms with Gasteiger partial charge >= 0.3 is 0 Å². The number of benzene rings is 4. The monoisotopic (exact) mass is 672 g/mol. The molecule has 0 spiro atoms. The van der Waals surface area contributed by atoms with Crippen molar-refractivity contribution in [3.63, 3.8) is 0 Å². The Morgan fingerprint density at radius 3 is 2.48 bits per heavy atom. The molecule has 0 unspecified atom stereocenters. The molecule has 4 aromatic carbocycles. The number of nitrogens with one attached hydrogen (secondary N) is 1. The molecule has 0 fully saturated rings. The molecular weight excluding hydrogens is 648 g/mol. The molecule has 0 radical (unpaired) electrons. The highest BCUT2D eigenvalue weighted by atomic mass is 79.9. The van der Waals surface area contributed by atoms with Gasteiger partial charge in [-0.05, 0) is 109 Å². The largest absolute Gasteiger partial charge is 0.487 e. The molecule has 0 bridgehead atoms. The van der Waals surface area contributed by atoms with Gasteiger partial charge in [0.2, 0.25) is 0 Å². The minimum Gasteiger partial charge on any atom is -0.487 e. The van der Waals surface area contributed by atoms with Gasteiger partial charge in [-0.3, -0.25) is 4.79 Å². The number of anilines is 1. The Hall–Kier alpha value is -3.26. The van der Waals surface area contributed by atoms with E-state index in [1.165, 1.54) is 15.6 Å². The fourth-order valence-electron chi connectivity index (χ4n) is 5.09. The zero-order chi connectivity index (χ0) is 27.5. The Bertz CT molecular complexity index is 1700. The van der Waals surface area contributed by atoms with Gasteiger partial charge in [0.15, 0.2) is 0 Å². The Labute approximate surface area is 254 Å². The lowest BCUT2D eigenvalue weighted by Crippen LogP contribution is -2.14. The third-order valence-electron chi connectivity index (χ3n) is 7.01. The molecular formula is C33H26Br2N2O2S. The van der Waals surface area contributed by atoms with Crippen LogP contribution in [-0.4, -0.2) is 12.1 Å². The van der Waals surface area contributed by atoms with Crippen molar-refractivity contribution in [2.45, 2.75) is 32.3 Å². The van der Waals surface area contributed by atoms with Crippen LogP contribution >= 0.6 is 43.2 Å².